The number of hydrogen-bond acceptors (Lipinski definition) is 5. The number of carbonyl (C=O) groups is 1. The predicted molar refractivity (Wildman–Crippen MR) is 158 cm³/mol. The number of rotatable bonds is 8. The Labute approximate surface area is 229 Å². The first-order chi connectivity index (χ1) is 17.9. The van der Waals surface area contributed by atoms with Gasteiger partial charge in [0.15, 0.2) is 0 Å². The number of aromatic nitrogens is 1. The second-order valence-electron chi connectivity index (χ2n) is 11.2. The number of amidine groups is 1. The van der Waals surface area contributed by atoms with Crippen molar-refractivity contribution in [2.75, 3.05) is 33.7 Å². The lowest BCUT2D eigenvalue weighted by Gasteiger charge is -2.29. The van der Waals surface area contributed by atoms with Gasteiger partial charge in [0.05, 0.1) is 5.70 Å². The highest BCUT2D eigenvalue weighted by Gasteiger charge is 2.43. The van der Waals surface area contributed by atoms with Gasteiger partial charge in [-0.25, -0.2) is 10.1 Å². The molecule has 0 aliphatic carbocycles. The normalized spacial score (nSPS) is 21.4. The Balaban J connectivity index is 1.54. The van der Waals surface area contributed by atoms with Crippen LogP contribution >= 0.6 is 10.5 Å². The highest BCUT2D eigenvalue weighted by molar-refractivity contribution is 8.18. The van der Waals surface area contributed by atoms with Crippen molar-refractivity contribution in [2.24, 2.45) is 0 Å². The number of benzene rings is 1. The highest BCUT2D eigenvalue weighted by Crippen LogP contribution is 2.39. The molecule has 3 atom stereocenters. The van der Waals surface area contributed by atoms with Gasteiger partial charge in [-0.15, -0.1) is 0 Å². The molecule has 1 aromatic carbocycles. The molecule has 3 unspecified atom stereocenters. The molecule has 0 saturated carbocycles. The molecule has 9 heteroatoms. The van der Waals surface area contributed by atoms with Crippen molar-refractivity contribution < 1.29 is 14.1 Å². The van der Waals surface area contributed by atoms with Crippen molar-refractivity contribution in [3.63, 3.8) is 0 Å². The van der Waals surface area contributed by atoms with E-state index in [9.17, 15) is 4.79 Å². The van der Waals surface area contributed by atoms with Gasteiger partial charge in [-0.1, -0.05) is 34.6 Å². The Bertz CT molecular complexity index is 1250. The molecule has 0 spiro atoms. The number of carbonyl (C=O) groups excluding carboxylic acids is 1. The summed E-state index contributed by atoms with van der Waals surface area (Å²) in [5.41, 5.74) is 3.86. The maximum atomic E-state index is 12.8. The van der Waals surface area contributed by atoms with Gasteiger partial charge < -0.3 is 20.3 Å². The first-order valence-electron chi connectivity index (χ1n) is 13.0. The van der Waals surface area contributed by atoms with E-state index in [1.807, 2.05) is 59.4 Å². The maximum Gasteiger partial charge on any atom is 0.408 e. The average molecular weight is 538 g/mol. The predicted octanol–water partition coefficient (Wildman–Crippen LogP) is 3.88. The number of amides is 1. The topological polar surface area (TPSA) is 81.5 Å². The molecule has 0 radical (unpaired) electrons. The van der Waals surface area contributed by atoms with Crippen LogP contribution in [0.2, 0.25) is 0 Å². The molecule has 1 saturated heterocycles. The Kier molecular flexibility index (Phi) is 8.28. The van der Waals surface area contributed by atoms with Crippen LogP contribution < -0.4 is 16.0 Å². The van der Waals surface area contributed by atoms with Gasteiger partial charge in [0, 0.05) is 25.9 Å². The lowest BCUT2D eigenvalue weighted by Crippen LogP contribution is -2.59. The molecule has 3 heterocycles. The number of hydrogen-bond donors (Lipinski definition) is 3. The third-order valence-electron chi connectivity index (χ3n) is 6.39. The Morgan fingerprint density at radius 1 is 1.21 bits per heavy atom. The summed E-state index contributed by atoms with van der Waals surface area (Å²) >= 11 is 0. The van der Waals surface area contributed by atoms with Gasteiger partial charge in [0.2, 0.25) is 4.99 Å². The largest absolute Gasteiger partial charge is 0.444 e. The molecule has 204 valence electrons. The first kappa shape index (κ1) is 27.9. The zero-order chi connectivity index (χ0) is 27.5. The summed E-state index contributed by atoms with van der Waals surface area (Å²) < 4.78 is 7.87. The third kappa shape index (κ3) is 7.23. The van der Waals surface area contributed by atoms with Crippen molar-refractivity contribution >= 4 is 34.0 Å². The molecule has 8 nitrogen and oxygen atoms in total. The summed E-state index contributed by atoms with van der Waals surface area (Å²) in [7, 11) is 3.71. The Morgan fingerprint density at radius 2 is 1.89 bits per heavy atom. The summed E-state index contributed by atoms with van der Waals surface area (Å²) in [6.45, 7) is 10.5. The molecule has 3 N–H and O–H groups in total. The summed E-state index contributed by atoms with van der Waals surface area (Å²) in [6.07, 6.45) is 3.96. The average Bonchev–Trinajstić information content (AvgIpc) is 3.65. The molecule has 2 aromatic rings. The Morgan fingerprint density at radius 3 is 2.53 bits per heavy atom. The van der Waals surface area contributed by atoms with E-state index in [-0.39, 0.29) is 16.5 Å². The van der Waals surface area contributed by atoms with Crippen molar-refractivity contribution in [1.29, 1.82) is 0 Å². The van der Waals surface area contributed by atoms with Crippen molar-refractivity contribution in [2.45, 2.75) is 50.8 Å². The summed E-state index contributed by atoms with van der Waals surface area (Å²) in [5.74, 6) is 5.48. The Hall–Kier alpha value is -3.17. The quantitative estimate of drug-likeness (QED) is 0.205. The molecule has 2 aliphatic heterocycles. The molecule has 1 amide bonds. The van der Waals surface area contributed by atoms with E-state index in [0.717, 1.165) is 54.3 Å². The summed E-state index contributed by atoms with van der Waals surface area (Å²) in [4.78, 5) is 18.5. The van der Waals surface area contributed by atoms with Gasteiger partial charge in [0.1, 0.15) is 24.7 Å². The fraction of sp³-hybridized carbons (Fsp3) is 0.448. The zero-order valence-electron chi connectivity index (χ0n) is 23.4. The van der Waals surface area contributed by atoms with Crippen LogP contribution in [0.15, 0.2) is 54.2 Å². The standard InChI is InChI=1S/C29H40N6O2S/c1-28(2,3)37-27(36)31-24(13-16-34(5)6)26(35-17-18-35)33-29(4)32-25(20-38(29)7)23-10-8-9-22(19-23)21-11-14-30-15-12-21/h8-12,14-15,19-20,24,32H,7,13,16-18H2,1-6H3,(H,31,36)/p+1. The van der Waals surface area contributed by atoms with Gasteiger partial charge in [-0.05, 0) is 81.6 Å². The molecule has 1 fully saturated rings. The second kappa shape index (κ2) is 11.3. The van der Waals surface area contributed by atoms with Crippen LogP contribution in [0.4, 0.5) is 4.79 Å². The molecule has 0 bridgehead atoms. The minimum atomic E-state index is -0.563. The number of alkyl carbamates (subject to hydrolysis) is 1. The number of pyridine rings is 1. The minimum absolute atomic E-state index is 0.218. The lowest BCUT2D eigenvalue weighted by molar-refractivity contribution is -0.341. The van der Waals surface area contributed by atoms with E-state index < -0.39 is 16.7 Å². The fourth-order valence-corrected chi connectivity index (χ4v) is 5.49. The molecule has 4 rings (SSSR count). The van der Waals surface area contributed by atoms with Crippen LogP contribution in [0.5, 0.6) is 0 Å². The van der Waals surface area contributed by atoms with Gasteiger partial charge in [0.25, 0.3) is 5.84 Å². The van der Waals surface area contributed by atoms with E-state index in [1.54, 1.807) is 0 Å². The van der Waals surface area contributed by atoms with Crippen molar-refractivity contribution in [3.8, 4) is 11.1 Å². The van der Waals surface area contributed by atoms with Crippen molar-refractivity contribution in [3.05, 3.63) is 59.8 Å². The van der Waals surface area contributed by atoms with Gasteiger partial charge in [-0.2, -0.15) is 0 Å². The van der Waals surface area contributed by atoms with Crippen LogP contribution in [0, 0.1) is 0 Å². The summed E-state index contributed by atoms with van der Waals surface area (Å²) in [5, 5.41) is 12.8. The maximum absolute atomic E-state index is 12.8. The van der Waals surface area contributed by atoms with Crippen LogP contribution in [0.3, 0.4) is 0 Å². The molecule has 1 aromatic heterocycles. The third-order valence-corrected chi connectivity index (χ3v) is 8.16. The second-order valence-corrected chi connectivity index (χ2v) is 13.1. The molecule has 2 aliphatic rings. The molecular weight excluding hydrogens is 496 g/mol. The smallest absolute Gasteiger partial charge is 0.408 e. The van der Waals surface area contributed by atoms with Crippen LogP contribution in [0.1, 0.15) is 39.7 Å². The van der Waals surface area contributed by atoms with E-state index in [0.29, 0.717) is 0 Å². The highest BCUT2D eigenvalue weighted by atomic mass is 32.2. The van der Waals surface area contributed by atoms with E-state index in [2.05, 4.69) is 72.9 Å². The van der Waals surface area contributed by atoms with E-state index >= 15 is 0 Å². The zero-order valence-corrected chi connectivity index (χ0v) is 24.2. The number of ether oxygens (including phenoxy) is 1. The van der Waals surface area contributed by atoms with Gasteiger partial charge >= 0.3 is 6.09 Å². The first-order valence-corrected chi connectivity index (χ1v) is 14.5. The van der Waals surface area contributed by atoms with Gasteiger partial charge in [-0.3, -0.25) is 9.56 Å². The SMILES string of the molecule is C=S1C=C(c2cccc(-c3ccncc3)c2)NC1(C)NC(C(CCN(C)C)NC(=O)OC(C)(C)C)=[N+]1CC1. The van der Waals surface area contributed by atoms with Crippen LogP contribution in [0.25, 0.3) is 16.8 Å². The molecular formula is C29H41N6O2S+. The van der Waals surface area contributed by atoms with E-state index in [1.165, 1.54) is 0 Å². The van der Waals surface area contributed by atoms with Crippen LogP contribution in [-0.2, 0) is 4.74 Å². The lowest BCUT2D eigenvalue weighted by atomic mass is 10.0. The monoisotopic (exact) mass is 537 g/mol. The minimum Gasteiger partial charge on any atom is -0.444 e. The van der Waals surface area contributed by atoms with Crippen molar-refractivity contribution in [1.82, 2.24) is 25.8 Å². The van der Waals surface area contributed by atoms with E-state index in [4.69, 9.17) is 4.74 Å². The number of nitrogens with zero attached hydrogens (tertiary/aromatic N) is 3. The summed E-state index contributed by atoms with van der Waals surface area (Å²) in [6, 6.07) is 12.3. The van der Waals surface area contributed by atoms with Crippen LogP contribution in [-0.4, -0.2) is 82.6 Å². The molecule has 38 heavy (non-hydrogen) atoms. The number of nitrogens with one attached hydrogen (secondary N) is 3. The fourth-order valence-electron chi connectivity index (χ4n) is 4.30.